The number of hydrogen-bond donors (Lipinski definition) is 5. The van der Waals surface area contributed by atoms with Crippen LogP contribution in [0.2, 0.25) is 0 Å². The molecule has 0 aliphatic rings. The highest BCUT2D eigenvalue weighted by atomic mass is 19.1. The van der Waals surface area contributed by atoms with Crippen molar-refractivity contribution in [3.05, 3.63) is 35.4 Å². The highest BCUT2D eigenvalue weighted by Gasteiger charge is 2.22. The molecule has 0 aromatic heterocycles. The lowest BCUT2D eigenvalue weighted by atomic mass is 10.0. The third-order valence-electron chi connectivity index (χ3n) is 3.50. The van der Waals surface area contributed by atoms with E-state index in [1.165, 1.54) is 0 Å². The Morgan fingerprint density at radius 3 is 2.27 bits per heavy atom. The number of carbonyl (C=O) groups excluding carboxylic acids is 1. The Balaban J connectivity index is 2.58. The van der Waals surface area contributed by atoms with Crippen molar-refractivity contribution in [3.8, 4) is 0 Å². The zero-order valence-electron chi connectivity index (χ0n) is 14.8. The van der Waals surface area contributed by atoms with Crippen molar-refractivity contribution < 1.29 is 28.6 Å². The minimum absolute atomic E-state index is 0.0435. The van der Waals surface area contributed by atoms with E-state index in [0.717, 1.165) is 12.1 Å². The SMILES string of the molecule is CC(C)CNC(=O)CNC[C@H](O)C(Cc1cc(F)cc(F)c1)NC(=O)O. The molecule has 26 heavy (non-hydrogen) atoms. The van der Waals surface area contributed by atoms with Crippen LogP contribution in [0.4, 0.5) is 13.6 Å². The lowest BCUT2D eigenvalue weighted by Gasteiger charge is -2.23. The van der Waals surface area contributed by atoms with E-state index in [-0.39, 0.29) is 31.0 Å². The first-order valence-electron chi connectivity index (χ1n) is 8.27. The van der Waals surface area contributed by atoms with Crippen LogP contribution >= 0.6 is 0 Å². The molecule has 146 valence electrons. The molecule has 1 rings (SSSR count). The monoisotopic (exact) mass is 373 g/mol. The van der Waals surface area contributed by atoms with Gasteiger partial charge in [-0.3, -0.25) is 4.79 Å². The van der Waals surface area contributed by atoms with Gasteiger partial charge in [0.05, 0.1) is 18.7 Å². The number of aliphatic hydroxyl groups is 1. The minimum Gasteiger partial charge on any atom is -0.465 e. The van der Waals surface area contributed by atoms with Gasteiger partial charge in [-0.2, -0.15) is 0 Å². The second-order valence-electron chi connectivity index (χ2n) is 6.43. The second kappa shape index (κ2) is 10.7. The van der Waals surface area contributed by atoms with E-state index in [1.807, 2.05) is 13.8 Å². The third kappa shape index (κ3) is 8.72. The van der Waals surface area contributed by atoms with Crippen molar-refractivity contribution in [2.45, 2.75) is 32.4 Å². The highest BCUT2D eigenvalue weighted by molar-refractivity contribution is 5.77. The molecule has 0 heterocycles. The van der Waals surface area contributed by atoms with E-state index in [1.54, 1.807) is 0 Å². The summed E-state index contributed by atoms with van der Waals surface area (Å²) in [6.07, 6.45) is -2.68. The fourth-order valence-corrected chi connectivity index (χ4v) is 2.28. The normalized spacial score (nSPS) is 13.3. The van der Waals surface area contributed by atoms with Crippen molar-refractivity contribution in [3.63, 3.8) is 0 Å². The van der Waals surface area contributed by atoms with Gasteiger partial charge >= 0.3 is 6.09 Å². The average molecular weight is 373 g/mol. The fraction of sp³-hybridized carbons (Fsp3) is 0.529. The highest BCUT2D eigenvalue weighted by Crippen LogP contribution is 2.11. The van der Waals surface area contributed by atoms with Crippen LogP contribution in [-0.4, -0.2) is 54.0 Å². The number of hydrogen-bond acceptors (Lipinski definition) is 4. The van der Waals surface area contributed by atoms with Crippen LogP contribution in [0, 0.1) is 17.6 Å². The average Bonchev–Trinajstić information content (AvgIpc) is 2.50. The van der Waals surface area contributed by atoms with Gasteiger partial charge in [0, 0.05) is 19.2 Å². The van der Waals surface area contributed by atoms with Gasteiger partial charge < -0.3 is 26.2 Å². The molecule has 0 saturated carbocycles. The first-order chi connectivity index (χ1) is 12.2. The Morgan fingerprint density at radius 2 is 1.73 bits per heavy atom. The van der Waals surface area contributed by atoms with Gasteiger partial charge in [0.1, 0.15) is 11.6 Å². The molecule has 1 aromatic carbocycles. The van der Waals surface area contributed by atoms with Crippen molar-refractivity contribution in [1.29, 1.82) is 0 Å². The number of carboxylic acid groups (broad SMARTS) is 1. The summed E-state index contributed by atoms with van der Waals surface area (Å²) in [6, 6.07) is 1.84. The van der Waals surface area contributed by atoms with Crippen molar-refractivity contribution >= 4 is 12.0 Å². The number of amides is 2. The van der Waals surface area contributed by atoms with Gasteiger partial charge in [-0.1, -0.05) is 13.8 Å². The van der Waals surface area contributed by atoms with Crippen molar-refractivity contribution in [2.24, 2.45) is 5.92 Å². The maximum Gasteiger partial charge on any atom is 0.404 e. The molecule has 7 nitrogen and oxygen atoms in total. The van der Waals surface area contributed by atoms with Crippen molar-refractivity contribution in [1.82, 2.24) is 16.0 Å². The van der Waals surface area contributed by atoms with Crippen LogP contribution in [-0.2, 0) is 11.2 Å². The van der Waals surface area contributed by atoms with Gasteiger partial charge in [-0.15, -0.1) is 0 Å². The van der Waals surface area contributed by atoms with Crippen LogP contribution in [0.15, 0.2) is 18.2 Å². The molecule has 1 aromatic rings. The number of carbonyl (C=O) groups is 2. The summed E-state index contributed by atoms with van der Waals surface area (Å²) in [5, 5.41) is 26.6. The molecule has 0 fully saturated rings. The number of halogens is 2. The van der Waals surface area contributed by atoms with E-state index < -0.39 is 29.9 Å². The minimum atomic E-state index is -1.37. The second-order valence-corrected chi connectivity index (χ2v) is 6.43. The Bertz CT molecular complexity index is 593. The van der Waals surface area contributed by atoms with Crippen molar-refractivity contribution in [2.75, 3.05) is 19.6 Å². The van der Waals surface area contributed by atoms with Gasteiger partial charge in [0.2, 0.25) is 5.91 Å². The van der Waals surface area contributed by atoms with Gasteiger partial charge in [0.15, 0.2) is 0 Å². The van der Waals surface area contributed by atoms with Crippen LogP contribution in [0.25, 0.3) is 0 Å². The largest absolute Gasteiger partial charge is 0.465 e. The Kier molecular flexibility index (Phi) is 8.94. The number of aliphatic hydroxyl groups excluding tert-OH is 1. The molecule has 0 spiro atoms. The molecule has 0 saturated heterocycles. The first kappa shape index (κ1) is 21.8. The molecule has 2 atom stereocenters. The third-order valence-corrected chi connectivity index (χ3v) is 3.50. The Labute approximate surface area is 150 Å². The van der Waals surface area contributed by atoms with E-state index in [4.69, 9.17) is 5.11 Å². The number of benzene rings is 1. The Hall–Kier alpha value is -2.26. The Morgan fingerprint density at radius 1 is 1.12 bits per heavy atom. The molecule has 9 heteroatoms. The summed E-state index contributed by atoms with van der Waals surface area (Å²) in [4.78, 5) is 22.5. The van der Waals surface area contributed by atoms with E-state index in [0.29, 0.717) is 18.5 Å². The molecule has 0 aliphatic heterocycles. The standard InChI is InChI=1S/C17H25F2N3O4/c1-10(2)7-21-16(24)9-20-8-15(23)14(22-17(25)26)5-11-3-12(18)6-13(19)4-11/h3-4,6,10,14-15,20,22-23H,5,7-9H2,1-2H3,(H,21,24)(H,25,26)/t14?,15-/m0/s1. The van der Waals surface area contributed by atoms with Gasteiger partial charge in [-0.25, -0.2) is 13.6 Å². The molecule has 0 radical (unpaired) electrons. The van der Waals surface area contributed by atoms with Crippen LogP contribution in [0.3, 0.4) is 0 Å². The zero-order valence-corrected chi connectivity index (χ0v) is 14.8. The number of nitrogens with one attached hydrogen (secondary N) is 3. The molecule has 5 N–H and O–H groups in total. The lowest BCUT2D eigenvalue weighted by Crippen LogP contribution is -2.49. The van der Waals surface area contributed by atoms with Crippen LogP contribution in [0.1, 0.15) is 19.4 Å². The van der Waals surface area contributed by atoms with Crippen LogP contribution < -0.4 is 16.0 Å². The molecule has 1 unspecified atom stereocenters. The van der Waals surface area contributed by atoms with E-state index >= 15 is 0 Å². The summed E-state index contributed by atoms with van der Waals surface area (Å²) in [5.74, 6) is -1.52. The molecular formula is C17H25F2N3O4. The quantitative estimate of drug-likeness (QED) is 0.418. The van der Waals surface area contributed by atoms with Gasteiger partial charge in [-0.05, 0) is 30.0 Å². The summed E-state index contributed by atoms with van der Waals surface area (Å²) in [5.41, 5.74) is 0.204. The predicted octanol–water partition coefficient (Wildman–Crippen LogP) is 0.866. The molecular weight excluding hydrogens is 348 g/mol. The summed E-state index contributed by atoms with van der Waals surface area (Å²) >= 11 is 0. The zero-order chi connectivity index (χ0) is 19.7. The maximum absolute atomic E-state index is 13.3. The maximum atomic E-state index is 13.3. The topological polar surface area (TPSA) is 111 Å². The summed E-state index contributed by atoms with van der Waals surface area (Å²) < 4.78 is 26.5. The number of rotatable bonds is 10. The predicted molar refractivity (Wildman–Crippen MR) is 91.7 cm³/mol. The summed E-state index contributed by atoms with van der Waals surface area (Å²) in [6.45, 7) is 4.32. The molecule has 0 bridgehead atoms. The van der Waals surface area contributed by atoms with E-state index in [2.05, 4.69) is 16.0 Å². The fourth-order valence-electron chi connectivity index (χ4n) is 2.28. The van der Waals surface area contributed by atoms with Gasteiger partial charge in [0.25, 0.3) is 0 Å². The molecule has 2 amide bonds. The van der Waals surface area contributed by atoms with Crippen LogP contribution in [0.5, 0.6) is 0 Å². The molecule has 0 aliphatic carbocycles. The first-order valence-corrected chi connectivity index (χ1v) is 8.27. The smallest absolute Gasteiger partial charge is 0.404 e. The summed E-state index contributed by atoms with van der Waals surface area (Å²) in [7, 11) is 0. The van der Waals surface area contributed by atoms with E-state index in [9.17, 15) is 23.5 Å². The lowest BCUT2D eigenvalue weighted by molar-refractivity contribution is -0.120.